The van der Waals surface area contributed by atoms with E-state index in [0.717, 1.165) is 40.2 Å². The monoisotopic (exact) mass is 521 g/mol. The number of hydrogen-bond donors (Lipinski definition) is 0. The van der Waals surface area contributed by atoms with Crippen LogP contribution in [0, 0.1) is 0 Å². The lowest BCUT2D eigenvalue weighted by atomic mass is 9.96. The summed E-state index contributed by atoms with van der Waals surface area (Å²) >= 11 is 1.13. The van der Waals surface area contributed by atoms with E-state index in [1.54, 1.807) is 30.3 Å². The van der Waals surface area contributed by atoms with E-state index in [-0.39, 0.29) is 22.3 Å². The van der Waals surface area contributed by atoms with Gasteiger partial charge in [0.25, 0.3) is 5.56 Å². The number of nitrogens with zero attached hydrogens (tertiary/aromatic N) is 3. The van der Waals surface area contributed by atoms with Crippen molar-refractivity contribution in [1.29, 1.82) is 0 Å². The maximum absolute atomic E-state index is 13.4. The number of para-hydroxylation sites is 1. The first-order valence-electron chi connectivity index (χ1n) is 12.3. The minimum Gasteiger partial charge on any atom is -0.494 e. The van der Waals surface area contributed by atoms with Crippen molar-refractivity contribution in [3.63, 3.8) is 0 Å². The Morgan fingerprint density at radius 2 is 1.76 bits per heavy atom. The highest BCUT2D eigenvalue weighted by Crippen LogP contribution is 2.37. The molecule has 188 valence electrons. The van der Waals surface area contributed by atoms with E-state index < -0.39 is 5.56 Å². The topological polar surface area (TPSA) is 82.8 Å². The van der Waals surface area contributed by atoms with Crippen molar-refractivity contribution in [2.45, 2.75) is 19.4 Å². The molecule has 0 saturated heterocycles. The van der Waals surface area contributed by atoms with Gasteiger partial charge in [-0.05, 0) is 60.0 Å². The van der Waals surface area contributed by atoms with Crippen LogP contribution in [0.15, 0.2) is 94.0 Å². The largest absolute Gasteiger partial charge is 0.494 e. The van der Waals surface area contributed by atoms with E-state index in [9.17, 15) is 9.59 Å². The van der Waals surface area contributed by atoms with Gasteiger partial charge in [-0.25, -0.2) is 0 Å². The molecule has 1 aliphatic rings. The van der Waals surface area contributed by atoms with Gasteiger partial charge >= 0.3 is 5.56 Å². The van der Waals surface area contributed by atoms with Crippen LogP contribution < -0.4 is 25.1 Å². The molecule has 0 spiro atoms. The molecule has 0 N–H and O–H groups in total. The highest BCUT2D eigenvalue weighted by molar-refractivity contribution is 7.15. The Kier molecular flexibility index (Phi) is 6.31. The van der Waals surface area contributed by atoms with E-state index in [1.807, 2.05) is 67.6 Å². The predicted molar refractivity (Wildman–Crippen MR) is 149 cm³/mol. The normalized spacial score (nSPS) is 15.1. The first kappa shape index (κ1) is 23.8. The third-order valence-electron chi connectivity index (χ3n) is 6.17. The molecular weight excluding hydrogens is 498 g/mol. The van der Waals surface area contributed by atoms with Gasteiger partial charge in [-0.2, -0.15) is 14.6 Å². The number of fused-ring (bicyclic) bond motifs is 2. The molecule has 5 aromatic rings. The van der Waals surface area contributed by atoms with Crippen molar-refractivity contribution in [1.82, 2.24) is 14.6 Å². The maximum Gasteiger partial charge on any atom is 0.300 e. The molecule has 0 radical (unpaired) electrons. The summed E-state index contributed by atoms with van der Waals surface area (Å²) in [5.74, 6) is 1.49. The SMILES string of the molecule is CCCOc1ccc(-c2nn3c(=O)/c(=C\C4=Cc5ccccc5OC4c4ccccc4)sc3nc2=O)cc1. The lowest BCUT2D eigenvalue weighted by Gasteiger charge is -2.26. The van der Waals surface area contributed by atoms with Gasteiger partial charge in [-0.3, -0.25) is 9.59 Å². The van der Waals surface area contributed by atoms with Crippen LogP contribution in [0.1, 0.15) is 30.6 Å². The molecule has 38 heavy (non-hydrogen) atoms. The van der Waals surface area contributed by atoms with Crippen LogP contribution in [0.2, 0.25) is 0 Å². The zero-order valence-electron chi connectivity index (χ0n) is 20.5. The van der Waals surface area contributed by atoms with Gasteiger partial charge in [0.05, 0.1) is 11.1 Å². The average molecular weight is 522 g/mol. The van der Waals surface area contributed by atoms with Gasteiger partial charge in [-0.1, -0.05) is 66.8 Å². The molecule has 7 nitrogen and oxygen atoms in total. The molecule has 1 atom stereocenters. The van der Waals surface area contributed by atoms with Crippen LogP contribution in [0.25, 0.3) is 28.4 Å². The van der Waals surface area contributed by atoms with Crippen molar-refractivity contribution in [2.24, 2.45) is 0 Å². The number of thiazole rings is 1. The highest BCUT2D eigenvalue weighted by atomic mass is 32.1. The standard InChI is InChI=1S/C30H23N3O4S/c1-2-16-36-23-14-12-19(13-15-23)26-28(34)31-30-33(32-26)29(35)25(38-30)18-22-17-21-10-6-7-11-24(21)37-27(22)20-8-4-3-5-9-20/h3-15,17-18,27H,2,16H2,1H3/b25-18+. The van der Waals surface area contributed by atoms with Crippen molar-refractivity contribution in [3.05, 3.63) is 121 Å². The summed E-state index contributed by atoms with van der Waals surface area (Å²) in [5, 5.41) is 4.39. The molecule has 0 fully saturated rings. The molecule has 3 aromatic carbocycles. The fraction of sp³-hybridized carbons (Fsp3) is 0.133. The minimum absolute atomic E-state index is 0.113. The fourth-order valence-electron chi connectivity index (χ4n) is 4.33. The summed E-state index contributed by atoms with van der Waals surface area (Å²) in [6.45, 7) is 2.64. The Bertz CT molecular complexity index is 1830. The van der Waals surface area contributed by atoms with E-state index in [2.05, 4.69) is 10.1 Å². The molecule has 0 amide bonds. The number of rotatable bonds is 6. The fourth-order valence-corrected chi connectivity index (χ4v) is 5.24. The molecule has 0 bridgehead atoms. The first-order chi connectivity index (χ1) is 18.6. The van der Waals surface area contributed by atoms with Gasteiger partial charge < -0.3 is 9.47 Å². The lowest BCUT2D eigenvalue weighted by molar-refractivity contribution is 0.244. The summed E-state index contributed by atoms with van der Waals surface area (Å²) < 4.78 is 13.6. The van der Waals surface area contributed by atoms with Crippen LogP contribution in [0.5, 0.6) is 11.5 Å². The van der Waals surface area contributed by atoms with Crippen LogP contribution in [0.3, 0.4) is 0 Å². The summed E-state index contributed by atoms with van der Waals surface area (Å²) in [6.07, 6.45) is 4.34. The Labute approximate surface area is 221 Å². The number of ether oxygens (including phenoxy) is 2. The van der Waals surface area contributed by atoms with Crippen LogP contribution in [0.4, 0.5) is 0 Å². The first-order valence-corrected chi connectivity index (χ1v) is 13.1. The second-order valence-electron chi connectivity index (χ2n) is 8.84. The van der Waals surface area contributed by atoms with Gasteiger partial charge in [0, 0.05) is 11.1 Å². The predicted octanol–water partition coefficient (Wildman–Crippen LogP) is 4.68. The van der Waals surface area contributed by atoms with Gasteiger partial charge in [0.15, 0.2) is 5.69 Å². The molecule has 3 heterocycles. The smallest absolute Gasteiger partial charge is 0.300 e. The quantitative estimate of drug-likeness (QED) is 0.323. The number of hydrogen-bond acceptors (Lipinski definition) is 7. The van der Waals surface area contributed by atoms with Crippen LogP contribution >= 0.6 is 11.3 Å². The zero-order chi connectivity index (χ0) is 26.1. The molecule has 0 saturated carbocycles. The van der Waals surface area contributed by atoms with Gasteiger partial charge in [0.2, 0.25) is 4.96 Å². The number of aromatic nitrogens is 3. The zero-order valence-corrected chi connectivity index (χ0v) is 21.4. The van der Waals surface area contributed by atoms with Crippen LogP contribution in [-0.2, 0) is 0 Å². The Balaban J connectivity index is 1.44. The molecule has 8 heteroatoms. The summed E-state index contributed by atoms with van der Waals surface area (Å²) in [6, 6.07) is 24.7. The molecule has 2 aromatic heterocycles. The summed E-state index contributed by atoms with van der Waals surface area (Å²) in [4.78, 5) is 30.6. The van der Waals surface area contributed by atoms with Gasteiger partial charge in [-0.15, -0.1) is 0 Å². The molecule has 1 unspecified atom stereocenters. The van der Waals surface area contributed by atoms with Gasteiger partial charge in [0.1, 0.15) is 17.6 Å². The minimum atomic E-state index is -0.490. The average Bonchev–Trinajstić information content (AvgIpc) is 3.25. The van der Waals surface area contributed by atoms with E-state index in [0.29, 0.717) is 22.5 Å². The lowest BCUT2D eigenvalue weighted by Crippen LogP contribution is -2.27. The van der Waals surface area contributed by atoms with Crippen molar-refractivity contribution >= 4 is 28.4 Å². The number of benzene rings is 3. The van der Waals surface area contributed by atoms with E-state index >= 15 is 0 Å². The molecule has 0 aliphatic carbocycles. The Hall–Kier alpha value is -4.56. The van der Waals surface area contributed by atoms with Crippen LogP contribution in [-0.4, -0.2) is 21.2 Å². The second kappa shape index (κ2) is 10.1. The Morgan fingerprint density at radius 3 is 2.55 bits per heavy atom. The van der Waals surface area contributed by atoms with E-state index in [1.165, 1.54) is 4.52 Å². The molecular formula is C30H23N3O4S. The maximum atomic E-state index is 13.4. The molecule has 1 aliphatic heterocycles. The summed E-state index contributed by atoms with van der Waals surface area (Å²) in [5.41, 5.74) is 2.58. The molecule has 6 rings (SSSR count). The highest BCUT2D eigenvalue weighted by Gasteiger charge is 2.23. The van der Waals surface area contributed by atoms with Crippen molar-refractivity contribution < 1.29 is 9.47 Å². The Morgan fingerprint density at radius 1 is 1.00 bits per heavy atom. The van der Waals surface area contributed by atoms with Crippen molar-refractivity contribution in [3.8, 4) is 22.8 Å². The third-order valence-corrected chi connectivity index (χ3v) is 7.13. The van der Waals surface area contributed by atoms with Crippen molar-refractivity contribution in [2.75, 3.05) is 6.61 Å². The second-order valence-corrected chi connectivity index (χ2v) is 9.85. The third kappa shape index (κ3) is 4.50. The van der Waals surface area contributed by atoms with E-state index in [4.69, 9.17) is 9.47 Å². The summed E-state index contributed by atoms with van der Waals surface area (Å²) in [7, 11) is 0.